The second-order valence-electron chi connectivity index (χ2n) is 2.97. The average Bonchev–Trinajstić information content (AvgIpc) is 2.26. The van der Waals surface area contributed by atoms with E-state index in [1.54, 1.807) is 31.5 Å². The van der Waals surface area contributed by atoms with E-state index in [4.69, 9.17) is 11.6 Å². The van der Waals surface area contributed by atoms with Gasteiger partial charge in [-0.3, -0.25) is 4.98 Å². The maximum Gasteiger partial charge on any atom is 0.181 e. The highest BCUT2D eigenvalue weighted by atomic mass is 35.5. The number of aromatic nitrogens is 3. The minimum absolute atomic E-state index is 0.158. The molecule has 0 saturated heterocycles. The highest BCUT2D eigenvalue weighted by molar-refractivity contribution is 6.29. The highest BCUT2D eigenvalue weighted by Crippen LogP contribution is 2.19. The van der Waals surface area contributed by atoms with Crippen molar-refractivity contribution >= 4 is 11.6 Å². The number of hydrogen-bond donors (Lipinski definition) is 0. The summed E-state index contributed by atoms with van der Waals surface area (Å²) < 4.78 is 13.2. The second kappa shape index (κ2) is 3.90. The molecule has 0 spiro atoms. The topological polar surface area (TPSA) is 38.7 Å². The largest absolute Gasteiger partial charge is 0.265 e. The first kappa shape index (κ1) is 9.98. The summed E-state index contributed by atoms with van der Waals surface area (Å²) in [7, 11) is 0. The van der Waals surface area contributed by atoms with Crippen LogP contribution in [0.4, 0.5) is 4.39 Å². The van der Waals surface area contributed by atoms with Crippen LogP contribution in [-0.2, 0) is 0 Å². The Morgan fingerprint density at radius 3 is 2.47 bits per heavy atom. The smallest absolute Gasteiger partial charge is 0.181 e. The molecule has 2 heterocycles. The van der Waals surface area contributed by atoms with Gasteiger partial charge in [0.2, 0.25) is 0 Å². The van der Waals surface area contributed by atoms with Crippen molar-refractivity contribution in [3.05, 3.63) is 41.2 Å². The molecule has 2 aromatic rings. The highest BCUT2D eigenvalue weighted by Gasteiger charge is 2.10. The first-order valence-corrected chi connectivity index (χ1v) is 4.66. The van der Waals surface area contributed by atoms with Gasteiger partial charge in [0.15, 0.2) is 16.8 Å². The molecule has 5 heteroatoms. The molecule has 2 rings (SSSR count). The van der Waals surface area contributed by atoms with Crippen LogP contribution in [0, 0.1) is 12.7 Å². The van der Waals surface area contributed by atoms with E-state index < -0.39 is 5.82 Å². The summed E-state index contributed by atoms with van der Waals surface area (Å²) in [5.41, 5.74) is 0.997. The van der Waals surface area contributed by atoms with E-state index >= 15 is 0 Å². The van der Waals surface area contributed by atoms with E-state index in [2.05, 4.69) is 15.0 Å². The standard InChI is InChI=1S/C10H7ClFN3/c1-6-8(12)9(11)15-10(14-6)7-2-4-13-5-3-7/h2-5H,1H3. The minimum Gasteiger partial charge on any atom is -0.265 e. The number of pyridine rings is 1. The van der Waals surface area contributed by atoms with Crippen LogP contribution < -0.4 is 0 Å². The second-order valence-corrected chi connectivity index (χ2v) is 3.33. The van der Waals surface area contributed by atoms with Crippen molar-refractivity contribution in [1.29, 1.82) is 0 Å². The predicted octanol–water partition coefficient (Wildman–Crippen LogP) is 2.64. The lowest BCUT2D eigenvalue weighted by molar-refractivity contribution is 0.603. The van der Waals surface area contributed by atoms with Crippen LogP contribution in [0.5, 0.6) is 0 Å². The summed E-state index contributed by atoms with van der Waals surface area (Å²) in [4.78, 5) is 11.7. The van der Waals surface area contributed by atoms with Gasteiger partial charge >= 0.3 is 0 Å². The van der Waals surface area contributed by atoms with Crippen molar-refractivity contribution in [2.45, 2.75) is 6.92 Å². The predicted molar refractivity (Wildman–Crippen MR) is 55.0 cm³/mol. The van der Waals surface area contributed by atoms with Gasteiger partial charge < -0.3 is 0 Å². The monoisotopic (exact) mass is 223 g/mol. The zero-order valence-electron chi connectivity index (χ0n) is 7.91. The molecular weight excluding hydrogens is 217 g/mol. The minimum atomic E-state index is -0.575. The first-order chi connectivity index (χ1) is 7.18. The fourth-order valence-electron chi connectivity index (χ4n) is 1.15. The number of rotatable bonds is 1. The lowest BCUT2D eigenvalue weighted by Crippen LogP contribution is -1.97. The van der Waals surface area contributed by atoms with Crippen molar-refractivity contribution in [2.75, 3.05) is 0 Å². The van der Waals surface area contributed by atoms with E-state index in [0.29, 0.717) is 5.82 Å². The lowest BCUT2D eigenvalue weighted by Gasteiger charge is -2.03. The summed E-state index contributed by atoms with van der Waals surface area (Å²) >= 11 is 5.63. The summed E-state index contributed by atoms with van der Waals surface area (Å²) in [6.45, 7) is 1.55. The number of nitrogens with zero attached hydrogens (tertiary/aromatic N) is 3. The van der Waals surface area contributed by atoms with Gasteiger partial charge in [-0.05, 0) is 19.1 Å². The van der Waals surface area contributed by atoms with Crippen LogP contribution in [0.25, 0.3) is 11.4 Å². The summed E-state index contributed by atoms with van der Waals surface area (Å²) in [5, 5.41) is -0.158. The van der Waals surface area contributed by atoms with Crippen LogP contribution in [0.15, 0.2) is 24.5 Å². The third-order valence-electron chi connectivity index (χ3n) is 1.91. The third-order valence-corrected chi connectivity index (χ3v) is 2.17. The SMILES string of the molecule is Cc1nc(-c2ccncc2)nc(Cl)c1F. The van der Waals surface area contributed by atoms with Gasteiger partial charge in [-0.1, -0.05) is 11.6 Å². The van der Waals surface area contributed by atoms with Crippen LogP contribution in [0.3, 0.4) is 0 Å². The van der Waals surface area contributed by atoms with Crippen LogP contribution in [0.1, 0.15) is 5.69 Å². The molecule has 0 amide bonds. The molecule has 15 heavy (non-hydrogen) atoms. The molecular formula is C10H7ClFN3. The Morgan fingerprint density at radius 2 is 1.87 bits per heavy atom. The zero-order valence-corrected chi connectivity index (χ0v) is 8.66. The molecule has 0 unspecified atom stereocenters. The van der Waals surface area contributed by atoms with Gasteiger partial charge in [0.05, 0.1) is 5.69 Å². The Morgan fingerprint density at radius 1 is 1.20 bits per heavy atom. The van der Waals surface area contributed by atoms with Gasteiger partial charge in [-0.15, -0.1) is 0 Å². The molecule has 0 N–H and O–H groups in total. The van der Waals surface area contributed by atoms with Gasteiger partial charge in [-0.25, -0.2) is 14.4 Å². The normalized spacial score (nSPS) is 10.3. The summed E-state index contributed by atoms with van der Waals surface area (Å²) in [6, 6.07) is 3.48. The van der Waals surface area contributed by atoms with Crippen LogP contribution in [-0.4, -0.2) is 15.0 Å². The molecule has 0 saturated carbocycles. The maximum atomic E-state index is 13.2. The van der Waals surface area contributed by atoms with E-state index in [0.717, 1.165) is 5.56 Å². The Hall–Kier alpha value is -1.55. The van der Waals surface area contributed by atoms with Crippen molar-refractivity contribution in [1.82, 2.24) is 15.0 Å². The van der Waals surface area contributed by atoms with Crippen LogP contribution >= 0.6 is 11.6 Å². The summed E-state index contributed by atoms with van der Waals surface area (Å²) in [5.74, 6) is -0.171. The lowest BCUT2D eigenvalue weighted by atomic mass is 10.2. The Balaban J connectivity index is 2.56. The van der Waals surface area contributed by atoms with E-state index in [1.165, 1.54) is 0 Å². The fraction of sp³-hybridized carbons (Fsp3) is 0.100. The average molecular weight is 224 g/mol. The molecule has 0 fully saturated rings. The zero-order chi connectivity index (χ0) is 10.8. The fourth-order valence-corrected chi connectivity index (χ4v) is 1.37. The maximum absolute atomic E-state index is 13.2. The van der Waals surface area contributed by atoms with E-state index in [9.17, 15) is 4.39 Å². The molecule has 0 bridgehead atoms. The molecule has 0 aliphatic heterocycles. The molecule has 0 radical (unpaired) electrons. The summed E-state index contributed by atoms with van der Waals surface area (Å²) in [6.07, 6.45) is 3.23. The molecule has 0 aliphatic carbocycles. The van der Waals surface area contributed by atoms with Crippen molar-refractivity contribution in [3.63, 3.8) is 0 Å². The van der Waals surface area contributed by atoms with Gasteiger partial charge in [0.1, 0.15) is 0 Å². The van der Waals surface area contributed by atoms with Crippen molar-refractivity contribution < 1.29 is 4.39 Å². The molecule has 76 valence electrons. The molecule has 0 atom stereocenters. The Bertz CT molecular complexity index is 464. The van der Waals surface area contributed by atoms with Crippen molar-refractivity contribution in [2.24, 2.45) is 0 Å². The molecule has 0 aliphatic rings. The number of halogens is 2. The molecule has 2 aromatic heterocycles. The number of aryl methyl sites for hydroxylation is 1. The van der Waals surface area contributed by atoms with Gasteiger partial charge in [0.25, 0.3) is 0 Å². The third kappa shape index (κ3) is 1.94. The van der Waals surface area contributed by atoms with Gasteiger partial charge in [0, 0.05) is 18.0 Å². The quantitative estimate of drug-likeness (QED) is 0.698. The number of hydrogen-bond acceptors (Lipinski definition) is 3. The van der Waals surface area contributed by atoms with E-state index in [1.807, 2.05) is 0 Å². The van der Waals surface area contributed by atoms with E-state index in [-0.39, 0.29) is 10.8 Å². The first-order valence-electron chi connectivity index (χ1n) is 4.28. The Labute approximate surface area is 91.0 Å². The Kier molecular flexibility index (Phi) is 2.60. The van der Waals surface area contributed by atoms with Gasteiger partial charge in [-0.2, -0.15) is 0 Å². The van der Waals surface area contributed by atoms with Crippen LogP contribution in [0.2, 0.25) is 5.15 Å². The van der Waals surface area contributed by atoms with Crippen molar-refractivity contribution in [3.8, 4) is 11.4 Å². The molecule has 0 aromatic carbocycles. The molecule has 3 nitrogen and oxygen atoms in total.